The third-order valence-corrected chi connectivity index (χ3v) is 1.89. The van der Waals surface area contributed by atoms with Gasteiger partial charge in [-0.25, -0.2) is 4.79 Å². The van der Waals surface area contributed by atoms with Gasteiger partial charge in [-0.15, -0.1) is 0 Å². The van der Waals surface area contributed by atoms with Crippen molar-refractivity contribution in [3.63, 3.8) is 0 Å². The lowest BCUT2D eigenvalue weighted by molar-refractivity contribution is -0.144. The number of esters is 1. The van der Waals surface area contributed by atoms with Gasteiger partial charge in [0.1, 0.15) is 6.04 Å². The van der Waals surface area contributed by atoms with Crippen molar-refractivity contribution in [3.05, 3.63) is 29.6 Å². The normalized spacial score (nSPS) is 13.3. The highest BCUT2D eigenvalue weighted by molar-refractivity contribution is 5.77. The summed E-state index contributed by atoms with van der Waals surface area (Å²) in [6.45, 7) is 0. The molecule has 0 spiro atoms. The fourth-order valence-corrected chi connectivity index (χ4v) is 1.14. The predicted octanol–water partition coefficient (Wildman–Crippen LogP) is 1.27. The van der Waals surface area contributed by atoms with Crippen molar-refractivity contribution in [2.24, 2.45) is 5.73 Å². The standard InChI is InChI=1S/C9H9F3N2O2/c1-16-8(15)6(13)7-5(9(10,11)12)3-2-4-14-7/h2-4,6H,13H2,1H3. The number of ether oxygens (including phenoxy) is 1. The molecule has 0 aromatic carbocycles. The molecule has 0 radical (unpaired) electrons. The Morgan fingerprint density at radius 2 is 2.19 bits per heavy atom. The van der Waals surface area contributed by atoms with E-state index < -0.39 is 29.4 Å². The van der Waals surface area contributed by atoms with E-state index in [1.54, 1.807) is 0 Å². The van der Waals surface area contributed by atoms with Crippen LogP contribution in [-0.4, -0.2) is 18.1 Å². The van der Waals surface area contributed by atoms with Crippen LogP contribution in [0.3, 0.4) is 0 Å². The van der Waals surface area contributed by atoms with Gasteiger partial charge in [0.2, 0.25) is 0 Å². The summed E-state index contributed by atoms with van der Waals surface area (Å²) in [6.07, 6.45) is -3.47. The smallest absolute Gasteiger partial charge is 0.418 e. The second-order valence-electron chi connectivity index (χ2n) is 2.93. The molecule has 4 nitrogen and oxygen atoms in total. The first-order chi connectivity index (χ1) is 7.38. The number of alkyl halides is 3. The van der Waals surface area contributed by atoms with Gasteiger partial charge < -0.3 is 10.5 Å². The first-order valence-corrected chi connectivity index (χ1v) is 4.23. The zero-order valence-corrected chi connectivity index (χ0v) is 8.28. The molecule has 7 heteroatoms. The Bertz CT molecular complexity index is 393. The maximum absolute atomic E-state index is 12.5. The topological polar surface area (TPSA) is 65.2 Å². The molecule has 0 aliphatic heterocycles. The lowest BCUT2D eigenvalue weighted by Crippen LogP contribution is -2.26. The first kappa shape index (κ1) is 12.4. The second kappa shape index (κ2) is 4.48. The fourth-order valence-electron chi connectivity index (χ4n) is 1.14. The van der Waals surface area contributed by atoms with Crippen molar-refractivity contribution < 1.29 is 22.7 Å². The molecule has 88 valence electrons. The number of nitrogens with zero attached hydrogens (tertiary/aromatic N) is 1. The number of aromatic nitrogens is 1. The molecule has 1 heterocycles. The van der Waals surface area contributed by atoms with Crippen LogP contribution in [0.5, 0.6) is 0 Å². The minimum absolute atomic E-state index is 0.540. The molecule has 0 fully saturated rings. The van der Waals surface area contributed by atoms with Crippen LogP contribution in [0.25, 0.3) is 0 Å². The van der Waals surface area contributed by atoms with Crippen molar-refractivity contribution in [2.45, 2.75) is 12.2 Å². The summed E-state index contributed by atoms with van der Waals surface area (Å²) >= 11 is 0. The summed E-state index contributed by atoms with van der Waals surface area (Å²) < 4.78 is 41.8. The molecule has 0 saturated heterocycles. The van der Waals surface area contributed by atoms with Crippen LogP contribution >= 0.6 is 0 Å². The Balaban J connectivity index is 3.19. The molecule has 0 bridgehead atoms. The van der Waals surface area contributed by atoms with Gasteiger partial charge in [-0.3, -0.25) is 4.98 Å². The molecule has 1 unspecified atom stereocenters. The number of hydrogen-bond acceptors (Lipinski definition) is 4. The summed E-state index contributed by atoms with van der Waals surface area (Å²) in [4.78, 5) is 14.5. The zero-order valence-electron chi connectivity index (χ0n) is 8.28. The van der Waals surface area contributed by atoms with Crippen molar-refractivity contribution in [2.75, 3.05) is 7.11 Å². The number of carbonyl (C=O) groups excluding carboxylic acids is 1. The molecule has 0 saturated carbocycles. The number of methoxy groups -OCH3 is 1. The number of carbonyl (C=O) groups is 1. The van der Waals surface area contributed by atoms with Gasteiger partial charge in [-0.2, -0.15) is 13.2 Å². The molecule has 1 rings (SSSR count). The Morgan fingerprint density at radius 3 is 2.69 bits per heavy atom. The summed E-state index contributed by atoms with van der Waals surface area (Å²) in [5, 5.41) is 0. The Morgan fingerprint density at radius 1 is 1.56 bits per heavy atom. The van der Waals surface area contributed by atoms with E-state index in [0.29, 0.717) is 0 Å². The van der Waals surface area contributed by atoms with E-state index in [0.717, 1.165) is 25.4 Å². The van der Waals surface area contributed by atoms with Crippen LogP contribution in [0.4, 0.5) is 13.2 Å². The van der Waals surface area contributed by atoms with E-state index in [1.807, 2.05) is 0 Å². The molecular weight excluding hydrogens is 225 g/mol. The summed E-state index contributed by atoms with van der Waals surface area (Å²) in [5.74, 6) is -0.968. The third kappa shape index (κ3) is 2.48. The van der Waals surface area contributed by atoms with Gasteiger partial charge in [0.25, 0.3) is 0 Å². The SMILES string of the molecule is COC(=O)C(N)c1ncccc1C(F)(F)F. The highest BCUT2D eigenvalue weighted by atomic mass is 19.4. The second-order valence-corrected chi connectivity index (χ2v) is 2.93. The molecule has 0 aliphatic rings. The predicted molar refractivity (Wildman–Crippen MR) is 48.2 cm³/mol. The Hall–Kier alpha value is -1.63. The van der Waals surface area contributed by atoms with Crippen molar-refractivity contribution in [1.29, 1.82) is 0 Å². The molecule has 16 heavy (non-hydrogen) atoms. The monoisotopic (exact) mass is 234 g/mol. The summed E-state index contributed by atoms with van der Waals surface area (Å²) in [6, 6.07) is 0.393. The van der Waals surface area contributed by atoms with E-state index in [-0.39, 0.29) is 0 Å². The number of hydrogen-bond donors (Lipinski definition) is 1. The van der Waals surface area contributed by atoms with Crippen LogP contribution in [0.1, 0.15) is 17.3 Å². The minimum atomic E-state index is -4.60. The molecule has 0 aliphatic carbocycles. The van der Waals surface area contributed by atoms with Crippen molar-refractivity contribution >= 4 is 5.97 Å². The molecule has 0 amide bonds. The highest BCUT2D eigenvalue weighted by Crippen LogP contribution is 2.32. The van der Waals surface area contributed by atoms with Gasteiger partial charge in [-0.05, 0) is 12.1 Å². The lowest BCUT2D eigenvalue weighted by Gasteiger charge is -2.15. The van der Waals surface area contributed by atoms with Gasteiger partial charge in [0.05, 0.1) is 18.4 Å². The quantitative estimate of drug-likeness (QED) is 0.782. The van der Waals surface area contributed by atoms with E-state index >= 15 is 0 Å². The van der Waals surface area contributed by atoms with Crippen LogP contribution in [-0.2, 0) is 15.7 Å². The Kier molecular flexibility index (Phi) is 3.48. The minimum Gasteiger partial charge on any atom is -0.468 e. The van der Waals surface area contributed by atoms with Gasteiger partial charge >= 0.3 is 12.1 Å². The number of pyridine rings is 1. The summed E-state index contributed by atoms with van der Waals surface area (Å²) in [7, 11) is 1.04. The largest absolute Gasteiger partial charge is 0.468 e. The van der Waals surface area contributed by atoms with Crippen LogP contribution in [0.15, 0.2) is 18.3 Å². The average molecular weight is 234 g/mol. The number of halogens is 3. The van der Waals surface area contributed by atoms with E-state index in [2.05, 4.69) is 9.72 Å². The van der Waals surface area contributed by atoms with E-state index in [1.165, 1.54) is 0 Å². The van der Waals surface area contributed by atoms with Gasteiger partial charge in [0.15, 0.2) is 0 Å². The molecule has 1 aromatic heterocycles. The molecular formula is C9H9F3N2O2. The van der Waals surface area contributed by atoms with E-state index in [9.17, 15) is 18.0 Å². The van der Waals surface area contributed by atoms with Gasteiger partial charge in [0, 0.05) is 6.20 Å². The van der Waals surface area contributed by atoms with Gasteiger partial charge in [-0.1, -0.05) is 0 Å². The lowest BCUT2D eigenvalue weighted by atomic mass is 10.1. The highest BCUT2D eigenvalue weighted by Gasteiger charge is 2.37. The maximum atomic E-state index is 12.5. The number of nitrogens with two attached hydrogens (primary N) is 1. The summed E-state index contributed by atoms with van der Waals surface area (Å²) in [5.41, 5.74) is 3.74. The van der Waals surface area contributed by atoms with Crippen molar-refractivity contribution in [1.82, 2.24) is 4.98 Å². The van der Waals surface area contributed by atoms with Crippen molar-refractivity contribution in [3.8, 4) is 0 Å². The first-order valence-electron chi connectivity index (χ1n) is 4.23. The Labute approximate surface area is 89.2 Å². The van der Waals surface area contributed by atoms with Crippen LogP contribution < -0.4 is 5.73 Å². The van der Waals surface area contributed by atoms with Crippen LogP contribution in [0, 0.1) is 0 Å². The molecule has 1 aromatic rings. The number of rotatable bonds is 2. The molecule has 1 atom stereocenters. The zero-order chi connectivity index (χ0) is 12.3. The average Bonchev–Trinajstić information content (AvgIpc) is 2.26. The van der Waals surface area contributed by atoms with Crippen LogP contribution in [0.2, 0.25) is 0 Å². The van der Waals surface area contributed by atoms with E-state index in [4.69, 9.17) is 5.73 Å². The third-order valence-electron chi connectivity index (χ3n) is 1.89. The maximum Gasteiger partial charge on any atom is 0.418 e. The fraction of sp³-hybridized carbons (Fsp3) is 0.333. The molecule has 2 N–H and O–H groups in total.